The molecule has 4 nitrogen and oxygen atoms in total. The van der Waals surface area contributed by atoms with Crippen molar-refractivity contribution in [1.29, 1.82) is 0 Å². The van der Waals surface area contributed by atoms with Crippen LogP contribution in [0.3, 0.4) is 0 Å². The first-order chi connectivity index (χ1) is 17.7. The fourth-order valence-corrected chi connectivity index (χ4v) is 5.68. The van der Waals surface area contributed by atoms with Crippen LogP contribution in [0.25, 0.3) is 0 Å². The van der Waals surface area contributed by atoms with Gasteiger partial charge in [0.15, 0.2) is 5.78 Å². The highest BCUT2D eigenvalue weighted by atomic mass is 16.2. The van der Waals surface area contributed by atoms with E-state index >= 15 is 0 Å². The molecule has 36 heavy (non-hydrogen) atoms. The topological polar surface area (TPSA) is 40.6 Å². The lowest BCUT2D eigenvalue weighted by molar-refractivity contribution is -0.118. The van der Waals surface area contributed by atoms with Crippen LogP contribution < -0.4 is 4.90 Å². The number of piperidine rings is 1. The number of nitrogens with zero attached hydrogens (tertiary/aromatic N) is 2. The molecule has 0 atom stereocenters. The molecule has 2 aliphatic heterocycles. The summed E-state index contributed by atoms with van der Waals surface area (Å²) >= 11 is 0. The molecule has 5 rings (SSSR count). The zero-order chi connectivity index (χ0) is 24.7. The molecule has 2 aliphatic rings. The first-order valence-corrected chi connectivity index (χ1v) is 13.4. The average molecular weight is 481 g/mol. The van der Waals surface area contributed by atoms with Crippen LogP contribution in [-0.4, -0.2) is 42.8 Å². The lowest BCUT2D eigenvalue weighted by atomic mass is 9.89. The number of hydrogen-bond acceptors (Lipinski definition) is 3. The maximum Gasteiger partial charge on any atom is 0.227 e. The zero-order valence-corrected chi connectivity index (χ0v) is 21.1. The van der Waals surface area contributed by atoms with E-state index in [1.807, 2.05) is 29.2 Å². The van der Waals surface area contributed by atoms with Gasteiger partial charge in [0, 0.05) is 37.2 Å². The maximum atomic E-state index is 13.0. The van der Waals surface area contributed by atoms with Gasteiger partial charge in [-0.15, -0.1) is 0 Å². The Kier molecular flexibility index (Phi) is 7.92. The van der Waals surface area contributed by atoms with E-state index in [1.54, 1.807) is 0 Å². The van der Waals surface area contributed by atoms with Gasteiger partial charge in [0.25, 0.3) is 0 Å². The van der Waals surface area contributed by atoms with Crippen molar-refractivity contribution in [3.05, 3.63) is 101 Å². The monoisotopic (exact) mass is 480 g/mol. The molecule has 2 heterocycles. The standard InChI is InChI=1S/C32H36N2O2/c35-31(19-23-33-21-17-27(18-22-33)26-11-5-2-6-12-26)29-13-15-30-28(24-29)14-16-32(36)34(30)20-7-10-25-8-3-1-4-9-25/h1-6,8-9,11-13,15,24,27H,7,10,14,16-23H2. The molecular weight excluding hydrogens is 444 g/mol. The summed E-state index contributed by atoms with van der Waals surface area (Å²) in [4.78, 5) is 30.0. The van der Waals surface area contributed by atoms with E-state index in [0.29, 0.717) is 25.3 Å². The van der Waals surface area contributed by atoms with Crippen LogP contribution >= 0.6 is 0 Å². The van der Waals surface area contributed by atoms with Gasteiger partial charge in [0.1, 0.15) is 0 Å². The van der Waals surface area contributed by atoms with Gasteiger partial charge >= 0.3 is 0 Å². The third-order valence-electron chi connectivity index (χ3n) is 7.81. The average Bonchev–Trinajstić information content (AvgIpc) is 2.94. The number of fused-ring (bicyclic) bond motifs is 1. The van der Waals surface area contributed by atoms with Crippen LogP contribution in [0.5, 0.6) is 0 Å². The highest BCUT2D eigenvalue weighted by molar-refractivity contribution is 6.00. The molecular formula is C32H36N2O2. The minimum absolute atomic E-state index is 0.188. The predicted octanol–water partition coefficient (Wildman–Crippen LogP) is 6.05. The van der Waals surface area contributed by atoms with Crippen LogP contribution in [0.15, 0.2) is 78.9 Å². The van der Waals surface area contributed by atoms with Gasteiger partial charge in [0.2, 0.25) is 5.91 Å². The molecule has 0 N–H and O–H groups in total. The summed E-state index contributed by atoms with van der Waals surface area (Å²) in [7, 11) is 0. The molecule has 0 aromatic heterocycles. The van der Waals surface area contributed by atoms with Gasteiger partial charge in [-0.2, -0.15) is 0 Å². The summed E-state index contributed by atoms with van der Waals surface area (Å²) in [6.45, 7) is 3.64. The van der Waals surface area contributed by atoms with Crippen molar-refractivity contribution in [2.24, 2.45) is 0 Å². The van der Waals surface area contributed by atoms with Crippen molar-refractivity contribution >= 4 is 17.4 Å². The fraction of sp³-hybridized carbons (Fsp3) is 0.375. The normalized spacial score (nSPS) is 16.7. The Morgan fingerprint density at radius 3 is 2.31 bits per heavy atom. The van der Waals surface area contributed by atoms with Gasteiger partial charge < -0.3 is 9.80 Å². The summed E-state index contributed by atoms with van der Waals surface area (Å²) in [5.41, 5.74) is 5.64. The summed E-state index contributed by atoms with van der Waals surface area (Å²) < 4.78 is 0. The molecule has 186 valence electrons. The first kappa shape index (κ1) is 24.5. The van der Waals surface area contributed by atoms with Crippen LogP contribution in [0.2, 0.25) is 0 Å². The maximum absolute atomic E-state index is 13.0. The second-order valence-electron chi connectivity index (χ2n) is 10.2. The molecule has 1 amide bonds. The zero-order valence-electron chi connectivity index (χ0n) is 21.1. The minimum Gasteiger partial charge on any atom is -0.312 e. The highest BCUT2D eigenvalue weighted by Crippen LogP contribution is 2.30. The Balaban J connectivity index is 1.13. The molecule has 1 saturated heterocycles. The number of aryl methyl sites for hydroxylation is 2. The molecule has 0 radical (unpaired) electrons. The SMILES string of the molecule is O=C(CCN1CCC(c2ccccc2)CC1)c1ccc2c(c1)CCC(=O)N2CCCc1ccccc1. The van der Waals surface area contributed by atoms with Crippen molar-refractivity contribution in [1.82, 2.24) is 4.90 Å². The van der Waals surface area contributed by atoms with Gasteiger partial charge in [-0.25, -0.2) is 0 Å². The second-order valence-corrected chi connectivity index (χ2v) is 10.2. The lowest BCUT2D eigenvalue weighted by Gasteiger charge is -2.32. The number of Topliss-reactive ketones (excluding diaryl/α,β-unsaturated/α-hetero) is 1. The second kappa shape index (κ2) is 11.7. The smallest absolute Gasteiger partial charge is 0.227 e. The third kappa shape index (κ3) is 5.93. The van der Waals surface area contributed by atoms with Crippen molar-refractivity contribution in [2.75, 3.05) is 31.1 Å². The van der Waals surface area contributed by atoms with E-state index in [-0.39, 0.29) is 11.7 Å². The molecule has 0 bridgehead atoms. The Hall–Kier alpha value is -3.24. The third-order valence-corrected chi connectivity index (χ3v) is 7.81. The van der Waals surface area contributed by atoms with Gasteiger partial charge in [-0.1, -0.05) is 60.7 Å². The largest absolute Gasteiger partial charge is 0.312 e. The molecule has 0 spiro atoms. The molecule has 0 aliphatic carbocycles. The van der Waals surface area contributed by atoms with Crippen LogP contribution in [0.1, 0.15) is 65.1 Å². The van der Waals surface area contributed by atoms with E-state index < -0.39 is 0 Å². The molecule has 1 fully saturated rings. The first-order valence-electron chi connectivity index (χ1n) is 13.4. The number of benzene rings is 3. The molecule has 0 saturated carbocycles. The summed E-state index contributed by atoms with van der Waals surface area (Å²) in [6, 6.07) is 27.2. The van der Waals surface area contributed by atoms with Crippen LogP contribution in [-0.2, 0) is 17.6 Å². The summed E-state index contributed by atoms with van der Waals surface area (Å²) in [6.07, 6.45) is 5.99. The number of anilines is 1. The van der Waals surface area contributed by atoms with E-state index in [0.717, 1.165) is 68.6 Å². The Morgan fingerprint density at radius 2 is 1.56 bits per heavy atom. The number of hydrogen-bond donors (Lipinski definition) is 0. The van der Waals surface area contributed by atoms with Gasteiger partial charge in [0.05, 0.1) is 0 Å². The Labute approximate surface area is 214 Å². The number of rotatable bonds is 9. The number of amides is 1. The molecule has 0 unspecified atom stereocenters. The number of carbonyl (C=O) groups excluding carboxylic acids is 2. The van der Waals surface area contributed by atoms with E-state index in [4.69, 9.17) is 0 Å². The number of likely N-dealkylation sites (tertiary alicyclic amines) is 1. The van der Waals surface area contributed by atoms with Crippen LogP contribution in [0.4, 0.5) is 5.69 Å². The van der Waals surface area contributed by atoms with Crippen molar-refractivity contribution in [3.63, 3.8) is 0 Å². The lowest BCUT2D eigenvalue weighted by Crippen LogP contribution is -2.36. The Morgan fingerprint density at radius 1 is 0.833 bits per heavy atom. The molecule has 4 heteroatoms. The quantitative estimate of drug-likeness (QED) is 0.350. The molecule has 3 aromatic rings. The van der Waals surface area contributed by atoms with Crippen LogP contribution in [0, 0.1) is 0 Å². The highest BCUT2D eigenvalue weighted by Gasteiger charge is 2.25. The number of ketones is 1. The van der Waals surface area contributed by atoms with Gasteiger partial charge in [-0.3, -0.25) is 9.59 Å². The van der Waals surface area contributed by atoms with Crippen molar-refractivity contribution < 1.29 is 9.59 Å². The van der Waals surface area contributed by atoms with Gasteiger partial charge in [-0.05, 0) is 86.0 Å². The number of carbonyl (C=O) groups is 2. The van der Waals surface area contributed by atoms with E-state index in [2.05, 4.69) is 59.5 Å². The van der Waals surface area contributed by atoms with Crippen molar-refractivity contribution in [2.45, 2.75) is 50.9 Å². The fourth-order valence-electron chi connectivity index (χ4n) is 5.68. The summed E-state index contributed by atoms with van der Waals surface area (Å²) in [5, 5.41) is 0. The molecule has 3 aromatic carbocycles. The summed E-state index contributed by atoms with van der Waals surface area (Å²) in [5.74, 6) is 1.03. The van der Waals surface area contributed by atoms with E-state index in [9.17, 15) is 9.59 Å². The minimum atomic E-state index is 0.188. The van der Waals surface area contributed by atoms with Crippen molar-refractivity contribution in [3.8, 4) is 0 Å². The Bertz CT molecular complexity index is 1170. The van der Waals surface area contributed by atoms with E-state index in [1.165, 1.54) is 11.1 Å². The predicted molar refractivity (Wildman–Crippen MR) is 146 cm³/mol.